The first-order valence-corrected chi connectivity index (χ1v) is 6.85. The second kappa shape index (κ2) is 5.86. The molecule has 0 aliphatic carbocycles. The molecule has 0 spiro atoms. The molecule has 2 nitrogen and oxygen atoms in total. The fourth-order valence-corrected chi connectivity index (χ4v) is 3.20. The van der Waals surface area contributed by atoms with Gasteiger partial charge >= 0.3 is 0 Å². The zero-order chi connectivity index (χ0) is 10.5. The van der Waals surface area contributed by atoms with Gasteiger partial charge in [0.2, 0.25) is 0 Å². The summed E-state index contributed by atoms with van der Waals surface area (Å²) in [4.78, 5) is 2.72. The highest BCUT2D eigenvalue weighted by molar-refractivity contribution is 4.78. The van der Waals surface area contributed by atoms with Crippen molar-refractivity contribution in [3.8, 4) is 0 Å². The summed E-state index contributed by atoms with van der Waals surface area (Å²) in [5, 5.41) is 3.46. The van der Waals surface area contributed by atoms with Crippen molar-refractivity contribution >= 4 is 0 Å². The Bertz CT molecular complexity index is 175. The summed E-state index contributed by atoms with van der Waals surface area (Å²) in [5.74, 6) is 0.979. The minimum absolute atomic E-state index is 0.909. The van der Waals surface area contributed by atoms with Crippen molar-refractivity contribution in [1.29, 1.82) is 0 Å². The lowest BCUT2D eigenvalue weighted by molar-refractivity contribution is 0.238. The van der Waals surface area contributed by atoms with Crippen LogP contribution in [0.1, 0.15) is 45.4 Å². The average Bonchev–Trinajstić information content (AvgIpc) is 2.88. The lowest BCUT2D eigenvalue weighted by Crippen LogP contribution is -2.30. The first-order valence-electron chi connectivity index (χ1n) is 6.85. The van der Waals surface area contributed by atoms with Crippen LogP contribution in [0.3, 0.4) is 0 Å². The molecule has 0 bridgehead atoms. The number of nitrogens with one attached hydrogen (secondary N) is 1. The highest BCUT2D eigenvalue weighted by atomic mass is 15.2. The molecule has 2 heteroatoms. The van der Waals surface area contributed by atoms with Crippen LogP contribution in [0.5, 0.6) is 0 Å². The standard InChI is InChI=1S/C13H26N2/c1-2-13-6-4-10-15(13)9-3-5-12-7-8-14-11-12/h12-14H,2-11H2,1H3. The van der Waals surface area contributed by atoms with E-state index in [2.05, 4.69) is 17.1 Å². The van der Waals surface area contributed by atoms with Gasteiger partial charge < -0.3 is 10.2 Å². The van der Waals surface area contributed by atoms with Crippen molar-refractivity contribution in [2.24, 2.45) is 5.92 Å². The molecule has 0 saturated carbocycles. The Labute approximate surface area is 94.4 Å². The number of likely N-dealkylation sites (tertiary alicyclic amines) is 1. The summed E-state index contributed by atoms with van der Waals surface area (Å²) in [6.45, 7) is 7.59. The minimum atomic E-state index is 0.909. The second-order valence-electron chi connectivity index (χ2n) is 5.24. The van der Waals surface area contributed by atoms with Crippen molar-refractivity contribution in [3.63, 3.8) is 0 Å². The molecule has 2 rings (SSSR count). The molecule has 0 aromatic carbocycles. The molecule has 2 heterocycles. The topological polar surface area (TPSA) is 15.3 Å². The van der Waals surface area contributed by atoms with Crippen molar-refractivity contribution < 1.29 is 0 Å². The van der Waals surface area contributed by atoms with E-state index in [1.165, 1.54) is 64.7 Å². The van der Waals surface area contributed by atoms with Gasteiger partial charge in [0.25, 0.3) is 0 Å². The predicted octanol–water partition coefficient (Wildman–Crippen LogP) is 2.25. The van der Waals surface area contributed by atoms with Crippen LogP contribution in [0, 0.1) is 5.92 Å². The molecule has 2 fully saturated rings. The van der Waals surface area contributed by atoms with Gasteiger partial charge in [-0.2, -0.15) is 0 Å². The van der Waals surface area contributed by atoms with Crippen LogP contribution < -0.4 is 5.32 Å². The van der Waals surface area contributed by atoms with Gasteiger partial charge in [0.15, 0.2) is 0 Å². The number of nitrogens with zero attached hydrogens (tertiary/aromatic N) is 1. The van der Waals surface area contributed by atoms with Crippen LogP contribution in [-0.2, 0) is 0 Å². The maximum atomic E-state index is 3.46. The Morgan fingerprint density at radius 2 is 2.27 bits per heavy atom. The third-order valence-corrected chi connectivity index (χ3v) is 4.19. The molecule has 15 heavy (non-hydrogen) atoms. The summed E-state index contributed by atoms with van der Waals surface area (Å²) in [7, 11) is 0. The van der Waals surface area contributed by atoms with Gasteiger partial charge in [0, 0.05) is 6.04 Å². The predicted molar refractivity (Wildman–Crippen MR) is 65.1 cm³/mol. The van der Waals surface area contributed by atoms with E-state index in [1.54, 1.807) is 0 Å². The van der Waals surface area contributed by atoms with Gasteiger partial charge in [-0.15, -0.1) is 0 Å². The molecule has 0 radical (unpaired) electrons. The molecular formula is C13H26N2. The van der Waals surface area contributed by atoms with Crippen molar-refractivity contribution in [3.05, 3.63) is 0 Å². The van der Waals surface area contributed by atoms with Crippen LogP contribution in [0.15, 0.2) is 0 Å². The third-order valence-electron chi connectivity index (χ3n) is 4.19. The SMILES string of the molecule is CCC1CCCN1CCCC1CCNC1. The van der Waals surface area contributed by atoms with E-state index in [9.17, 15) is 0 Å². The van der Waals surface area contributed by atoms with Crippen LogP contribution in [-0.4, -0.2) is 37.1 Å². The molecule has 1 N–H and O–H groups in total. The van der Waals surface area contributed by atoms with Crippen molar-refractivity contribution in [2.75, 3.05) is 26.2 Å². The fourth-order valence-electron chi connectivity index (χ4n) is 3.20. The highest BCUT2D eigenvalue weighted by Gasteiger charge is 2.22. The van der Waals surface area contributed by atoms with Crippen LogP contribution in [0.4, 0.5) is 0 Å². The average molecular weight is 210 g/mol. The van der Waals surface area contributed by atoms with Crippen molar-refractivity contribution in [1.82, 2.24) is 10.2 Å². The summed E-state index contributed by atoms with van der Waals surface area (Å²) in [6.07, 6.45) is 8.51. The number of hydrogen-bond acceptors (Lipinski definition) is 2. The molecular weight excluding hydrogens is 184 g/mol. The summed E-state index contributed by atoms with van der Waals surface area (Å²) in [6, 6.07) is 0.909. The Hall–Kier alpha value is -0.0800. The molecule has 2 saturated heterocycles. The maximum Gasteiger partial charge on any atom is 0.00931 e. The van der Waals surface area contributed by atoms with Crippen molar-refractivity contribution in [2.45, 2.75) is 51.5 Å². The lowest BCUT2D eigenvalue weighted by Gasteiger charge is -2.23. The molecule has 88 valence electrons. The monoisotopic (exact) mass is 210 g/mol. The quantitative estimate of drug-likeness (QED) is 0.749. The Kier molecular flexibility index (Phi) is 4.45. The summed E-state index contributed by atoms with van der Waals surface area (Å²) in [5.41, 5.74) is 0. The molecule has 2 atom stereocenters. The number of rotatable bonds is 5. The van der Waals surface area contributed by atoms with Gasteiger partial charge in [0.1, 0.15) is 0 Å². The zero-order valence-electron chi connectivity index (χ0n) is 10.2. The third kappa shape index (κ3) is 3.18. The summed E-state index contributed by atoms with van der Waals surface area (Å²) >= 11 is 0. The van der Waals surface area contributed by atoms with Gasteiger partial charge in [0.05, 0.1) is 0 Å². The van der Waals surface area contributed by atoms with E-state index in [4.69, 9.17) is 0 Å². The molecule has 2 aliphatic heterocycles. The second-order valence-corrected chi connectivity index (χ2v) is 5.24. The van der Waals surface area contributed by atoms with Crippen LogP contribution in [0.2, 0.25) is 0 Å². The molecule has 0 aromatic heterocycles. The smallest absolute Gasteiger partial charge is 0.00931 e. The van der Waals surface area contributed by atoms with Gasteiger partial charge in [-0.25, -0.2) is 0 Å². The highest BCUT2D eigenvalue weighted by Crippen LogP contribution is 2.21. The molecule has 0 amide bonds. The van der Waals surface area contributed by atoms with Gasteiger partial charge in [-0.1, -0.05) is 6.92 Å². The van der Waals surface area contributed by atoms with E-state index >= 15 is 0 Å². The van der Waals surface area contributed by atoms with E-state index < -0.39 is 0 Å². The van der Waals surface area contributed by atoms with Gasteiger partial charge in [-0.05, 0) is 70.6 Å². The number of hydrogen-bond donors (Lipinski definition) is 1. The maximum absolute atomic E-state index is 3.46. The first kappa shape index (κ1) is 11.4. The Morgan fingerprint density at radius 3 is 3.00 bits per heavy atom. The minimum Gasteiger partial charge on any atom is -0.316 e. The molecule has 2 unspecified atom stereocenters. The molecule has 0 aromatic rings. The van der Waals surface area contributed by atoms with Crippen LogP contribution >= 0.6 is 0 Å². The summed E-state index contributed by atoms with van der Waals surface area (Å²) < 4.78 is 0. The molecule has 2 aliphatic rings. The van der Waals surface area contributed by atoms with Gasteiger partial charge in [-0.3, -0.25) is 0 Å². The largest absolute Gasteiger partial charge is 0.316 e. The Morgan fingerprint density at radius 1 is 1.33 bits per heavy atom. The first-order chi connectivity index (χ1) is 7.40. The zero-order valence-corrected chi connectivity index (χ0v) is 10.2. The fraction of sp³-hybridized carbons (Fsp3) is 1.00. The van der Waals surface area contributed by atoms with E-state index in [1.807, 2.05) is 0 Å². The van der Waals surface area contributed by atoms with Crippen LogP contribution in [0.25, 0.3) is 0 Å². The normalized spacial score (nSPS) is 32.6. The Balaban J connectivity index is 1.60. The lowest BCUT2D eigenvalue weighted by atomic mass is 10.0. The van der Waals surface area contributed by atoms with E-state index in [-0.39, 0.29) is 0 Å². The van der Waals surface area contributed by atoms with E-state index in [0.29, 0.717) is 0 Å². The van der Waals surface area contributed by atoms with E-state index in [0.717, 1.165) is 12.0 Å².